The Morgan fingerprint density at radius 2 is 1.93 bits per heavy atom. The van der Waals surface area contributed by atoms with E-state index in [1.54, 1.807) is 0 Å². The Bertz CT molecular complexity index is 586. The second-order valence-corrected chi connectivity index (χ2v) is 8.39. The number of hydrogen-bond donors (Lipinski definition) is 2. The van der Waals surface area contributed by atoms with Crippen LogP contribution >= 0.6 is 0 Å². The molecule has 3 rings (SSSR count). The highest BCUT2D eigenvalue weighted by atomic mass is 16.3. The van der Waals surface area contributed by atoms with E-state index in [-0.39, 0.29) is 5.91 Å². The monoisotopic (exact) mass is 373 g/mol. The lowest BCUT2D eigenvalue weighted by Gasteiger charge is -2.39. The molecule has 5 nitrogen and oxygen atoms in total. The molecule has 0 unspecified atom stereocenters. The summed E-state index contributed by atoms with van der Waals surface area (Å²) in [5, 5.41) is 14.3. The van der Waals surface area contributed by atoms with Crippen LogP contribution in [0.4, 0.5) is 0 Å². The molecule has 0 saturated carbocycles. The first-order valence-electron chi connectivity index (χ1n) is 10.5. The predicted octanol–water partition coefficient (Wildman–Crippen LogP) is 1.90. The highest BCUT2D eigenvalue weighted by Gasteiger charge is 2.41. The Balaban J connectivity index is 1.42. The van der Waals surface area contributed by atoms with Gasteiger partial charge < -0.3 is 20.2 Å². The summed E-state index contributed by atoms with van der Waals surface area (Å²) >= 11 is 0. The van der Waals surface area contributed by atoms with Gasteiger partial charge in [0.15, 0.2) is 5.60 Å². The molecule has 0 aliphatic carbocycles. The van der Waals surface area contributed by atoms with Gasteiger partial charge in [-0.3, -0.25) is 4.79 Å². The molecule has 0 bridgehead atoms. The molecular formula is C22H35N3O2. The van der Waals surface area contributed by atoms with Crippen LogP contribution in [0.3, 0.4) is 0 Å². The van der Waals surface area contributed by atoms with Gasteiger partial charge in [-0.1, -0.05) is 30.3 Å². The minimum atomic E-state index is -1.23. The van der Waals surface area contributed by atoms with Crippen molar-refractivity contribution in [1.29, 1.82) is 0 Å². The van der Waals surface area contributed by atoms with E-state index in [2.05, 4.69) is 41.5 Å². The van der Waals surface area contributed by atoms with Crippen LogP contribution in [0.2, 0.25) is 0 Å². The third-order valence-electron chi connectivity index (χ3n) is 6.13. The number of nitrogens with one attached hydrogen (secondary N) is 1. The molecule has 2 saturated heterocycles. The van der Waals surface area contributed by atoms with Gasteiger partial charge >= 0.3 is 0 Å². The number of piperidine rings is 2. The summed E-state index contributed by atoms with van der Waals surface area (Å²) in [6, 6.07) is 10.4. The van der Waals surface area contributed by atoms with Gasteiger partial charge in [0.2, 0.25) is 0 Å². The highest BCUT2D eigenvalue weighted by molar-refractivity contribution is 5.86. The van der Waals surface area contributed by atoms with E-state index in [1.165, 1.54) is 18.4 Å². The molecule has 2 fully saturated rings. The molecular weight excluding hydrogens is 338 g/mol. The van der Waals surface area contributed by atoms with Gasteiger partial charge in [-0.2, -0.15) is 0 Å². The van der Waals surface area contributed by atoms with E-state index in [0.29, 0.717) is 18.9 Å². The summed E-state index contributed by atoms with van der Waals surface area (Å²) < 4.78 is 0. The van der Waals surface area contributed by atoms with Crippen LogP contribution in [0.25, 0.3) is 0 Å². The fourth-order valence-electron chi connectivity index (χ4n) is 4.31. The maximum Gasteiger partial charge on any atom is 0.255 e. The molecule has 2 aliphatic heterocycles. The largest absolute Gasteiger partial charge is 0.379 e. The molecule has 1 aromatic carbocycles. The molecule has 0 aromatic heterocycles. The van der Waals surface area contributed by atoms with Crippen LogP contribution in [0.15, 0.2) is 30.3 Å². The Morgan fingerprint density at radius 1 is 1.19 bits per heavy atom. The Hall–Kier alpha value is -1.43. The highest BCUT2D eigenvalue weighted by Crippen LogP contribution is 2.23. The Kier molecular flexibility index (Phi) is 7.27. The zero-order valence-electron chi connectivity index (χ0n) is 16.7. The molecule has 2 aliphatic rings. The molecule has 1 atom stereocenters. The first-order chi connectivity index (χ1) is 13.1. The molecule has 1 aromatic rings. The van der Waals surface area contributed by atoms with Gasteiger partial charge in [-0.15, -0.1) is 0 Å². The number of aliphatic hydroxyl groups is 1. The molecule has 1 amide bonds. The average molecular weight is 374 g/mol. The topological polar surface area (TPSA) is 55.8 Å². The molecule has 0 spiro atoms. The van der Waals surface area contributed by atoms with E-state index < -0.39 is 5.60 Å². The van der Waals surface area contributed by atoms with Crippen molar-refractivity contribution >= 4 is 5.91 Å². The number of benzene rings is 1. The summed E-state index contributed by atoms with van der Waals surface area (Å²) in [5.41, 5.74) is 0.0771. The standard InChI is InChI=1S/C22H35N3O2/c1-24-15-10-20(11-16-24)17-23-18-22(27)12-6-14-25(21(22)26)13-5-9-19-7-3-2-4-8-19/h2-4,7-8,20,23,27H,5-6,9-18H2,1H3/t22-/m0/s1. The van der Waals surface area contributed by atoms with E-state index in [9.17, 15) is 9.90 Å². The van der Waals surface area contributed by atoms with Crippen LogP contribution in [0.5, 0.6) is 0 Å². The lowest BCUT2D eigenvalue weighted by Crippen LogP contribution is -2.58. The Morgan fingerprint density at radius 3 is 2.67 bits per heavy atom. The smallest absolute Gasteiger partial charge is 0.255 e. The number of likely N-dealkylation sites (tertiary alicyclic amines) is 2. The SMILES string of the molecule is CN1CCC(CNC[C@@]2(O)CCCN(CCCc3ccccc3)C2=O)CC1. The average Bonchev–Trinajstić information content (AvgIpc) is 2.68. The predicted molar refractivity (Wildman–Crippen MR) is 109 cm³/mol. The molecule has 2 heterocycles. The van der Waals surface area contributed by atoms with Crippen molar-refractivity contribution in [3.63, 3.8) is 0 Å². The Labute approximate surface area is 163 Å². The zero-order chi connectivity index (χ0) is 19.1. The quantitative estimate of drug-likeness (QED) is 0.731. The summed E-state index contributed by atoms with van der Waals surface area (Å²) in [7, 11) is 2.17. The van der Waals surface area contributed by atoms with Crippen LogP contribution in [-0.4, -0.2) is 72.7 Å². The third-order valence-corrected chi connectivity index (χ3v) is 6.13. The molecule has 2 N–H and O–H groups in total. The fraction of sp³-hybridized carbons (Fsp3) is 0.682. The first kappa shape index (κ1) is 20.3. The third kappa shape index (κ3) is 5.77. The van der Waals surface area contributed by atoms with Gasteiger partial charge in [-0.25, -0.2) is 0 Å². The van der Waals surface area contributed by atoms with Crippen molar-refractivity contribution in [3.8, 4) is 0 Å². The van der Waals surface area contributed by atoms with Gasteiger partial charge in [0.1, 0.15) is 0 Å². The summed E-state index contributed by atoms with van der Waals surface area (Å²) in [5.74, 6) is 0.572. The lowest BCUT2D eigenvalue weighted by atomic mass is 9.90. The fourth-order valence-corrected chi connectivity index (χ4v) is 4.31. The van der Waals surface area contributed by atoms with Crippen molar-refractivity contribution in [2.75, 3.05) is 46.3 Å². The molecule has 27 heavy (non-hydrogen) atoms. The maximum absolute atomic E-state index is 12.8. The van der Waals surface area contributed by atoms with Crippen molar-refractivity contribution < 1.29 is 9.90 Å². The zero-order valence-corrected chi connectivity index (χ0v) is 16.7. The van der Waals surface area contributed by atoms with E-state index in [1.807, 2.05) is 11.0 Å². The van der Waals surface area contributed by atoms with Gasteiger partial charge in [0.05, 0.1) is 0 Å². The van der Waals surface area contributed by atoms with Crippen LogP contribution in [0, 0.1) is 5.92 Å². The minimum absolute atomic E-state index is 0.0855. The van der Waals surface area contributed by atoms with Crippen molar-refractivity contribution in [1.82, 2.24) is 15.1 Å². The van der Waals surface area contributed by atoms with Crippen molar-refractivity contribution in [2.45, 2.75) is 44.1 Å². The number of hydrogen-bond acceptors (Lipinski definition) is 4. The molecule has 0 radical (unpaired) electrons. The number of carbonyl (C=O) groups excluding carboxylic acids is 1. The van der Waals surface area contributed by atoms with Gasteiger partial charge in [-0.05, 0) is 76.7 Å². The molecule has 5 heteroatoms. The van der Waals surface area contributed by atoms with Crippen LogP contribution in [-0.2, 0) is 11.2 Å². The summed E-state index contributed by atoms with van der Waals surface area (Å²) in [6.07, 6.45) is 5.75. The second kappa shape index (κ2) is 9.67. The molecule has 150 valence electrons. The normalized spacial score (nSPS) is 25.1. The summed E-state index contributed by atoms with van der Waals surface area (Å²) in [6.45, 7) is 5.07. The first-order valence-corrected chi connectivity index (χ1v) is 10.5. The van der Waals surface area contributed by atoms with E-state index in [4.69, 9.17) is 0 Å². The van der Waals surface area contributed by atoms with Crippen LogP contribution in [0.1, 0.15) is 37.7 Å². The number of aryl methyl sites for hydroxylation is 1. The number of rotatable bonds is 8. The lowest BCUT2D eigenvalue weighted by molar-refractivity contribution is -0.156. The number of carbonyl (C=O) groups is 1. The van der Waals surface area contributed by atoms with Gasteiger partial charge in [0, 0.05) is 19.6 Å². The van der Waals surface area contributed by atoms with E-state index in [0.717, 1.165) is 52.0 Å². The van der Waals surface area contributed by atoms with E-state index >= 15 is 0 Å². The van der Waals surface area contributed by atoms with Crippen molar-refractivity contribution in [2.24, 2.45) is 5.92 Å². The summed E-state index contributed by atoms with van der Waals surface area (Å²) in [4.78, 5) is 17.1. The second-order valence-electron chi connectivity index (χ2n) is 8.39. The maximum atomic E-state index is 12.8. The van der Waals surface area contributed by atoms with Crippen LogP contribution < -0.4 is 5.32 Å². The van der Waals surface area contributed by atoms with Crippen molar-refractivity contribution in [3.05, 3.63) is 35.9 Å². The number of amides is 1. The van der Waals surface area contributed by atoms with Gasteiger partial charge in [0.25, 0.3) is 5.91 Å². The minimum Gasteiger partial charge on any atom is -0.379 e. The number of nitrogens with zero attached hydrogens (tertiary/aromatic N) is 2.